The predicted molar refractivity (Wildman–Crippen MR) is 68.9 cm³/mol. The number of anilines is 1. The molecule has 0 radical (unpaired) electrons. The van der Waals surface area contributed by atoms with Gasteiger partial charge in [0.05, 0.1) is 6.61 Å². The molecule has 1 aromatic carbocycles. The molecule has 4 nitrogen and oxygen atoms in total. The molecular weight excluding hydrogens is 216 g/mol. The lowest BCUT2D eigenvalue weighted by Gasteiger charge is -2.21. The first-order chi connectivity index (χ1) is 8.10. The van der Waals surface area contributed by atoms with Gasteiger partial charge in [-0.25, -0.2) is 0 Å². The highest BCUT2D eigenvalue weighted by Gasteiger charge is 2.14. The summed E-state index contributed by atoms with van der Waals surface area (Å²) in [7, 11) is 0. The van der Waals surface area contributed by atoms with Gasteiger partial charge in [0.2, 0.25) is 0 Å². The minimum Gasteiger partial charge on any atom is -0.399 e. The van der Waals surface area contributed by atoms with Crippen molar-refractivity contribution in [2.45, 2.75) is 20.3 Å². The monoisotopic (exact) mass is 236 g/mol. The summed E-state index contributed by atoms with van der Waals surface area (Å²) in [5.74, 6) is -0.0519. The average molecular weight is 236 g/mol. The number of nitrogens with two attached hydrogens (primary N) is 1. The zero-order valence-electron chi connectivity index (χ0n) is 10.4. The Bertz CT molecular complexity index is 385. The van der Waals surface area contributed by atoms with Gasteiger partial charge in [0.25, 0.3) is 5.91 Å². The topological polar surface area (TPSA) is 66.6 Å². The number of rotatable bonds is 5. The molecule has 1 amide bonds. The fourth-order valence-electron chi connectivity index (χ4n) is 1.70. The number of hydrogen-bond acceptors (Lipinski definition) is 3. The van der Waals surface area contributed by atoms with Gasteiger partial charge in [0.15, 0.2) is 0 Å². The highest BCUT2D eigenvalue weighted by molar-refractivity contribution is 5.94. The third kappa shape index (κ3) is 3.46. The Hall–Kier alpha value is -1.55. The summed E-state index contributed by atoms with van der Waals surface area (Å²) < 4.78 is 0. The van der Waals surface area contributed by atoms with Gasteiger partial charge in [0.1, 0.15) is 0 Å². The first kappa shape index (κ1) is 13.5. The molecule has 0 aliphatic carbocycles. The number of hydrogen-bond donors (Lipinski definition) is 2. The smallest absolute Gasteiger partial charge is 0.253 e. The van der Waals surface area contributed by atoms with E-state index >= 15 is 0 Å². The second kappa shape index (κ2) is 6.25. The van der Waals surface area contributed by atoms with Crippen molar-refractivity contribution >= 4 is 11.6 Å². The molecule has 0 unspecified atom stereocenters. The number of aryl methyl sites for hydroxylation is 1. The van der Waals surface area contributed by atoms with Crippen LogP contribution in [-0.2, 0) is 0 Å². The van der Waals surface area contributed by atoms with Gasteiger partial charge in [0, 0.05) is 24.3 Å². The Morgan fingerprint density at radius 2 is 2.12 bits per heavy atom. The number of nitrogen functional groups attached to an aromatic ring is 1. The molecule has 0 atom stereocenters. The van der Waals surface area contributed by atoms with Crippen LogP contribution in [0.2, 0.25) is 0 Å². The standard InChI is InChI=1S/C13H20N2O2/c1-3-6-15(7-8-16)13(17)11-4-5-12(14)10(2)9-11/h4-5,9,16H,3,6-8,14H2,1-2H3. The molecule has 0 aliphatic rings. The molecule has 0 heterocycles. The molecule has 3 N–H and O–H groups in total. The number of aliphatic hydroxyl groups excluding tert-OH is 1. The molecule has 1 rings (SSSR count). The van der Waals surface area contributed by atoms with Gasteiger partial charge in [-0.3, -0.25) is 4.79 Å². The van der Waals surface area contributed by atoms with Crippen LogP contribution in [0.5, 0.6) is 0 Å². The van der Waals surface area contributed by atoms with Crippen LogP contribution in [0.4, 0.5) is 5.69 Å². The second-order valence-corrected chi connectivity index (χ2v) is 4.09. The lowest BCUT2D eigenvalue weighted by Crippen LogP contribution is -2.34. The third-order valence-electron chi connectivity index (χ3n) is 2.67. The zero-order valence-corrected chi connectivity index (χ0v) is 10.4. The number of benzene rings is 1. The Balaban J connectivity index is 2.88. The van der Waals surface area contributed by atoms with E-state index in [2.05, 4.69) is 0 Å². The van der Waals surface area contributed by atoms with Crippen LogP contribution in [-0.4, -0.2) is 35.6 Å². The van der Waals surface area contributed by atoms with Crippen molar-refractivity contribution in [3.63, 3.8) is 0 Å². The van der Waals surface area contributed by atoms with Gasteiger partial charge in [-0.2, -0.15) is 0 Å². The van der Waals surface area contributed by atoms with Crippen molar-refractivity contribution in [1.82, 2.24) is 4.90 Å². The molecule has 0 saturated heterocycles. The van der Waals surface area contributed by atoms with Gasteiger partial charge in [-0.1, -0.05) is 6.92 Å². The van der Waals surface area contributed by atoms with Crippen LogP contribution >= 0.6 is 0 Å². The van der Waals surface area contributed by atoms with E-state index < -0.39 is 0 Å². The van der Waals surface area contributed by atoms with E-state index in [-0.39, 0.29) is 12.5 Å². The summed E-state index contributed by atoms with van der Waals surface area (Å²) in [5.41, 5.74) is 7.93. The summed E-state index contributed by atoms with van der Waals surface area (Å²) in [6.07, 6.45) is 0.875. The molecule has 0 spiro atoms. The molecule has 17 heavy (non-hydrogen) atoms. The van der Waals surface area contributed by atoms with Crippen molar-refractivity contribution in [3.05, 3.63) is 29.3 Å². The van der Waals surface area contributed by atoms with Crippen LogP contribution < -0.4 is 5.73 Å². The largest absolute Gasteiger partial charge is 0.399 e. The maximum Gasteiger partial charge on any atom is 0.253 e. The normalized spacial score (nSPS) is 10.3. The Kier molecular flexibility index (Phi) is 4.97. The molecule has 0 aliphatic heterocycles. The van der Waals surface area contributed by atoms with E-state index in [9.17, 15) is 4.79 Å². The highest BCUT2D eigenvalue weighted by atomic mass is 16.3. The molecule has 0 saturated carbocycles. The van der Waals surface area contributed by atoms with Gasteiger partial charge in [-0.05, 0) is 37.1 Å². The van der Waals surface area contributed by atoms with Gasteiger partial charge < -0.3 is 15.7 Å². The number of carbonyl (C=O) groups excluding carboxylic acids is 1. The number of aliphatic hydroxyl groups is 1. The first-order valence-electron chi connectivity index (χ1n) is 5.86. The molecule has 94 valence electrons. The maximum absolute atomic E-state index is 12.2. The summed E-state index contributed by atoms with van der Waals surface area (Å²) in [6, 6.07) is 5.26. The van der Waals surface area contributed by atoms with E-state index in [1.165, 1.54) is 0 Å². The van der Waals surface area contributed by atoms with E-state index in [4.69, 9.17) is 10.8 Å². The van der Waals surface area contributed by atoms with E-state index in [0.29, 0.717) is 24.3 Å². The number of amides is 1. The molecule has 1 aromatic rings. The van der Waals surface area contributed by atoms with Crippen molar-refractivity contribution in [3.8, 4) is 0 Å². The average Bonchev–Trinajstić information content (AvgIpc) is 2.31. The summed E-state index contributed by atoms with van der Waals surface area (Å²) in [5, 5.41) is 8.94. The van der Waals surface area contributed by atoms with Gasteiger partial charge in [-0.15, -0.1) is 0 Å². The van der Waals surface area contributed by atoms with Crippen LogP contribution in [0, 0.1) is 6.92 Å². The summed E-state index contributed by atoms with van der Waals surface area (Å²) in [6.45, 7) is 4.90. The van der Waals surface area contributed by atoms with Crippen molar-refractivity contribution < 1.29 is 9.90 Å². The number of carbonyl (C=O) groups is 1. The first-order valence-corrected chi connectivity index (χ1v) is 5.86. The fraction of sp³-hybridized carbons (Fsp3) is 0.462. The quantitative estimate of drug-likeness (QED) is 0.760. The molecule has 0 fully saturated rings. The molecule has 0 aromatic heterocycles. The van der Waals surface area contributed by atoms with Crippen LogP contribution in [0.1, 0.15) is 29.3 Å². The molecular formula is C13H20N2O2. The summed E-state index contributed by atoms with van der Waals surface area (Å²) in [4.78, 5) is 13.8. The van der Waals surface area contributed by atoms with Crippen molar-refractivity contribution in [1.29, 1.82) is 0 Å². The van der Waals surface area contributed by atoms with Crippen LogP contribution in [0.3, 0.4) is 0 Å². The summed E-state index contributed by atoms with van der Waals surface area (Å²) >= 11 is 0. The Morgan fingerprint density at radius 3 is 2.65 bits per heavy atom. The molecule has 4 heteroatoms. The minimum atomic E-state index is -0.0519. The van der Waals surface area contributed by atoms with Crippen LogP contribution in [0.15, 0.2) is 18.2 Å². The third-order valence-corrected chi connectivity index (χ3v) is 2.67. The predicted octanol–water partition coefficient (Wildman–Crippen LogP) is 1.42. The van der Waals surface area contributed by atoms with E-state index in [0.717, 1.165) is 12.0 Å². The number of nitrogens with zero attached hydrogens (tertiary/aromatic N) is 1. The maximum atomic E-state index is 12.2. The fourth-order valence-corrected chi connectivity index (χ4v) is 1.70. The van der Waals surface area contributed by atoms with Gasteiger partial charge >= 0.3 is 0 Å². The van der Waals surface area contributed by atoms with E-state index in [1.54, 1.807) is 23.1 Å². The Morgan fingerprint density at radius 1 is 1.41 bits per heavy atom. The van der Waals surface area contributed by atoms with Crippen molar-refractivity contribution in [2.24, 2.45) is 0 Å². The van der Waals surface area contributed by atoms with Crippen LogP contribution in [0.25, 0.3) is 0 Å². The lowest BCUT2D eigenvalue weighted by atomic mass is 10.1. The van der Waals surface area contributed by atoms with E-state index in [1.807, 2.05) is 13.8 Å². The second-order valence-electron chi connectivity index (χ2n) is 4.09. The highest BCUT2D eigenvalue weighted by Crippen LogP contribution is 2.14. The SMILES string of the molecule is CCCN(CCO)C(=O)c1ccc(N)c(C)c1. The van der Waals surface area contributed by atoms with Crippen molar-refractivity contribution in [2.75, 3.05) is 25.4 Å². The zero-order chi connectivity index (χ0) is 12.8. The minimum absolute atomic E-state index is 0.0142. The molecule has 0 bridgehead atoms. The lowest BCUT2D eigenvalue weighted by molar-refractivity contribution is 0.0722. The Labute approximate surface area is 102 Å².